The minimum absolute atomic E-state index is 0.0844. The Morgan fingerprint density at radius 1 is 1.12 bits per heavy atom. The van der Waals surface area contributed by atoms with Gasteiger partial charge in [-0.1, -0.05) is 19.9 Å². The number of rotatable bonds is 5. The minimum atomic E-state index is -0.305. The number of fused-ring (bicyclic) bond motifs is 1. The summed E-state index contributed by atoms with van der Waals surface area (Å²) in [5, 5.41) is 6.60. The third-order valence-corrected chi connectivity index (χ3v) is 5.32. The predicted molar refractivity (Wildman–Crippen MR) is 108 cm³/mol. The van der Waals surface area contributed by atoms with Crippen LogP contribution in [0.1, 0.15) is 48.2 Å². The van der Waals surface area contributed by atoms with Gasteiger partial charge in [0.25, 0.3) is 5.91 Å². The third kappa shape index (κ3) is 4.12. The summed E-state index contributed by atoms with van der Waals surface area (Å²) in [7, 11) is 0. The zero-order chi connectivity index (χ0) is 18.7. The minimum Gasteiger partial charge on any atom is -0.351 e. The Labute approximate surface area is 158 Å². The van der Waals surface area contributed by atoms with Crippen LogP contribution in [0.15, 0.2) is 30.3 Å². The van der Waals surface area contributed by atoms with E-state index >= 15 is 0 Å². The summed E-state index contributed by atoms with van der Waals surface area (Å²) in [6, 6.07) is 8.84. The maximum atomic E-state index is 14.2. The first-order chi connectivity index (χ1) is 12.6. The van der Waals surface area contributed by atoms with Gasteiger partial charge in [0.2, 0.25) is 0 Å². The number of anilines is 3. The summed E-state index contributed by atoms with van der Waals surface area (Å²) in [5.74, 6) is -0.389. The van der Waals surface area contributed by atoms with Crippen LogP contribution in [0.3, 0.4) is 0 Å². The fraction of sp³-hybridized carbons (Fsp3) is 0.350. The molecule has 0 spiro atoms. The molecule has 1 saturated carbocycles. The van der Waals surface area contributed by atoms with Crippen molar-refractivity contribution in [3.63, 3.8) is 0 Å². The molecule has 2 aromatic rings. The van der Waals surface area contributed by atoms with Crippen molar-refractivity contribution in [2.75, 3.05) is 10.0 Å². The number of nitrogens with one attached hydrogen (secondary N) is 3. The molecule has 2 aliphatic rings. The Kier molecular flexibility index (Phi) is 5.71. The number of carbonyl (C=O) groups is 1. The van der Waals surface area contributed by atoms with E-state index in [0.29, 0.717) is 28.7 Å². The summed E-state index contributed by atoms with van der Waals surface area (Å²) in [4.78, 5) is 11.9. The lowest BCUT2D eigenvalue weighted by Crippen LogP contribution is -2.12. The Balaban J connectivity index is 0.000000948. The summed E-state index contributed by atoms with van der Waals surface area (Å²) >= 11 is 1.68. The monoisotopic (exact) mass is 373 g/mol. The van der Waals surface area contributed by atoms with Crippen LogP contribution in [0.25, 0.3) is 0 Å². The Bertz CT molecular complexity index is 821. The predicted octanol–water partition coefficient (Wildman–Crippen LogP) is 5.37. The van der Waals surface area contributed by atoms with E-state index in [2.05, 4.69) is 15.4 Å². The van der Waals surface area contributed by atoms with Crippen molar-refractivity contribution < 1.29 is 9.18 Å². The summed E-state index contributed by atoms with van der Waals surface area (Å²) in [6.45, 7) is 6.39. The van der Waals surface area contributed by atoms with Crippen molar-refractivity contribution in [3.05, 3.63) is 52.8 Å². The second kappa shape index (κ2) is 7.99. The van der Waals surface area contributed by atoms with Crippen molar-refractivity contribution in [1.82, 2.24) is 5.32 Å². The molecular formula is C20H24FN3OS. The lowest BCUT2D eigenvalue weighted by atomic mass is 10.1. The summed E-state index contributed by atoms with van der Waals surface area (Å²) in [6.07, 6.45) is 2.44. The second-order valence-electron chi connectivity index (χ2n) is 6.27. The third-order valence-electron chi connectivity index (χ3n) is 4.18. The molecular weight excluding hydrogens is 349 g/mol. The highest BCUT2D eigenvalue weighted by atomic mass is 32.2. The number of hydrogen-bond donors (Lipinski definition) is 3. The fourth-order valence-corrected chi connectivity index (χ4v) is 3.49. The number of hydrogen-bond acceptors (Lipinski definition) is 4. The molecule has 138 valence electrons. The highest BCUT2D eigenvalue weighted by Crippen LogP contribution is 2.38. The fourth-order valence-electron chi connectivity index (χ4n) is 2.66. The molecule has 0 saturated heterocycles. The quantitative estimate of drug-likeness (QED) is 0.617. The van der Waals surface area contributed by atoms with Gasteiger partial charge < -0.3 is 15.4 Å². The van der Waals surface area contributed by atoms with E-state index in [1.54, 1.807) is 24.1 Å². The van der Waals surface area contributed by atoms with Crippen molar-refractivity contribution in [2.45, 2.75) is 45.4 Å². The van der Waals surface area contributed by atoms with Gasteiger partial charge in [0, 0.05) is 17.4 Å². The van der Waals surface area contributed by atoms with Crippen LogP contribution in [0, 0.1) is 12.7 Å². The van der Waals surface area contributed by atoms with Crippen LogP contribution in [0.2, 0.25) is 0 Å². The van der Waals surface area contributed by atoms with Gasteiger partial charge >= 0.3 is 0 Å². The van der Waals surface area contributed by atoms with Crippen LogP contribution in [0.4, 0.5) is 21.5 Å². The maximum absolute atomic E-state index is 14.2. The molecule has 0 bridgehead atoms. The molecule has 1 fully saturated rings. The van der Waals surface area contributed by atoms with E-state index in [9.17, 15) is 9.18 Å². The molecule has 0 radical (unpaired) electrons. The van der Waals surface area contributed by atoms with Crippen molar-refractivity contribution in [1.29, 1.82) is 0 Å². The van der Waals surface area contributed by atoms with Gasteiger partial charge in [0.15, 0.2) is 0 Å². The molecule has 4 nitrogen and oxygen atoms in total. The van der Waals surface area contributed by atoms with E-state index in [4.69, 9.17) is 0 Å². The molecule has 26 heavy (non-hydrogen) atoms. The van der Waals surface area contributed by atoms with Crippen LogP contribution >= 0.6 is 11.9 Å². The van der Waals surface area contributed by atoms with E-state index < -0.39 is 0 Å². The lowest BCUT2D eigenvalue weighted by Gasteiger charge is -2.15. The molecule has 6 heteroatoms. The van der Waals surface area contributed by atoms with Crippen LogP contribution in [-0.2, 0) is 6.54 Å². The Morgan fingerprint density at radius 2 is 1.88 bits per heavy atom. The Hall–Kier alpha value is -2.21. The SMILES string of the molecule is CC.Cc1ccc(Nc2cc3c(cc2NSC2CC2)CNC3=O)c(F)c1. The van der Waals surface area contributed by atoms with E-state index in [1.807, 2.05) is 32.9 Å². The van der Waals surface area contributed by atoms with Gasteiger partial charge in [-0.15, -0.1) is 0 Å². The first kappa shape index (κ1) is 18.6. The molecule has 1 aliphatic heterocycles. The molecule has 1 aliphatic carbocycles. The normalized spacial score (nSPS) is 14.8. The first-order valence-corrected chi connectivity index (χ1v) is 9.88. The van der Waals surface area contributed by atoms with E-state index in [-0.39, 0.29) is 11.7 Å². The largest absolute Gasteiger partial charge is 0.351 e. The highest BCUT2D eigenvalue weighted by molar-refractivity contribution is 8.01. The molecule has 0 unspecified atom stereocenters. The number of amides is 1. The van der Waals surface area contributed by atoms with Crippen molar-refractivity contribution in [3.8, 4) is 0 Å². The first-order valence-electron chi connectivity index (χ1n) is 9.00. The Morgan fingerprint density at radius 3 is 2.58 bits per heavy atom. The summed E-state index contributed by atoms with van der Waals surface area (Å²) < 4.78 is 17.5. The number of carbonyl (C=O) groups excluding carboxylic acids is 1. The number of benzene rings is 2. The van der Waals surface area contributed by atoms with Crippen LogP contribution in [0.5, 0.6) is 0 Å². The molecule has 2 aromatic carbocycles. The van der Waals surface area contributed by atoms with Gasteiger partial charge in [-0.25, -0.2) is 4.39 Å². The van der Waals surface area contributed by atoms with Gasteiger partial charge in [-0.05, 0) is 67.1 Å². The smallest absolute Gasteiger partial charge is 0.251 e. The number of aryl methyl sites for hydroxylation is 1. The highest BCUT2D eigenvalue weighted by Gasteiger charge is 2.25. The average molecular weight is 373 g/mol. The van der Waals surface area contributed by atoms with Crippen molar-refractivity contribution >= 4 is 34.9 Å². The molecule has 1 amide bonds. The van der Waals surface area contributed by atoms with E-state index in [1.165, 1.54) is 18.9 Å². The lowest BCUT2D eigenvalue weighted by molar-refractivity contribution is 0.0966. The average Bonchev–Trinajstić information content (AvgIpc) is 3.41. The van der Waals surface area contributed by atoms with Crippen LogP contribution in [-0.4, -0.2) is 11.2 Å². The van der Waals surface area contributed by atoms with Gasteiger partial charge in [0.05, 0.1) is 17.1 Å². The van der Waals surface area contributed by atoms with E-state index in [0.717, 1.165) is 16.8 Å². The van der Waals surface area contributed by atoms with Gasteiger partial charge in [0.1, 0.15) is 5.82 Å². The molecule has 0 aromatic heterocycles. The molecule has 4 rings (SSSR count). The molecule has 1 heterocycles. The summed E-state index contributed by atoms with van der Waals surface area (Å²) in [5.41, 5.74) is 4.47. The zero-order valence-electron chi connectivity index (χ0n) is 15.3. The standard InChI is InChI=1S/C18H18FN3OS.C2H6/c1-10-2-5-15(14(19)6-10)21-16-8-13-11(9-20-18(13)23)7-17(16)22-24-12-3-4-12;1-2/h2,5-8,12,21-22H,3-4,9H2,1H3,(H,20,23);1-2H3. The van der Waals surface area contributed by atoms with Crippen LogP contribution < -0.4 is 15.4 Å². The number of halogens is 1. The second-order valence-corrected chi connectivity index (χ2v) is 7.37. The van der Waals surface area contributed by atoms with Crippen molar-refractivity contribution in [2.24, 2.45) is 0 Å². The van der Waals surface area contributed by atoms with Gasteiger partial charge in [-0.3, -0.25) is 4.79 Å². The van der Waals surface area contributed by atoms with Gasteiger partial charge in [-0.2, -0.15) is 0 Å². The zero-order valence-corrected chi connectivity index (χ0v) is 16.1. The molecule has 0 atom stereocenters. The topological polar surface area (TPSA) is 53.2 Å². The maximum Gasteiger partial charge on any atom is 0.251 e. The molecule has 3 N–H and O–H groups in total.